The number of pyridine rings is 1. The van der Waals surface area contributed by atoms with Crippen molar-refractivity contribution < 1.29 is 19.1 Å². The van der Waals surface area contributed by atoms with Gasteiger partial charge in [-0.2, -0.15) is 0 Å². The Morgan fingerprint density at radius 2 is 1.86 bits per heavy atom. The molecule has 0 atom stereocenters. The van der Waals surface area contributed by atoms with Gasteiger partial charge in [-0.3, -0.25) is 9.59 Å². The third-order valence-electron chi connectivity index (χ3n) is 4.00. The fourth-order valence-electron chi connectivity index (χ4n) is 2.55. The normalized spacial score (nSPS) is 13.7. The predicted molar refractivity (Wildman–Crippen MR) is 106 cm³/mol. The van der Waals surface area contributed by atoms with Crippen LogP contribution in [0.3, 0.4) is 0 Å². The van der Waals surface area contributed by atoms with Crippen molar-refractivity contribution in [2.75, 3.05) is 49.7 Å². The predicted octanol–water partition coefficient (Wildman–Crippen LogP) is 1.71. The minimum absolute atomic E-state index is 0.159. The number of halogens is 1. The minimum atomic E-state index is -0.397. The number of hydrogen-bond acceptors (Lipinski definition) is 6. The van der Waals surface area contributed by atoms with Crippen LogP contribution in [0, 0.1) is 0 Å². The smallest absolute Gasteiger partial charge is 0.258 e. The fourth-order valence-corrected chi connectivity index (χ4v) is 2.68. The van der Waals surface area contributed by atoms with E-state index in [-0.39, 0.29) is 19.1 Å². The number of rotatable bonds is 7. The Bertz CT molecular complexity index is 793. The maximum absolute atomic E-state index is 12.0. The van der Waals surface area contributed by atoms with Crippen LogP contribution in [0.5, 0.6) is 5.75 Å². The summed E-state index contributed by atoms with van der Waals surface area (Å²) in [4.78, 5) is 30.2. The molecule has 9 heteroatoms. The third-order valence-corrected chi connectivity index (χ3v) is 4.25. The third kappa shape index (κ3) is 6.11. The molecule has 0 radical (unpaired) electrons. The summed E-state index contributed by atoms with van der Waals surface area (Å²) >= 11 is 5.78. The van der Waals surface area contributed by atoms with Gasteiger partial charge in [0.25, 0.3) is 5.91 Å². The molecule has 2 heterocycles. The van der Waals surface area contributed by atoms with Gasteiger partial charge in [0, 0.05) is 18.1 Å². The maximum atomic E-state index is 12.0. The van der Waals surface area contributed by atoms with E-state index in [9.17, 15) is 9.59 Å². The Kier molecular flexibility index (Phi) is 7.05. The largest absolute Gasteiger partial charge is 0.484 e. The number of aromatic nitrogens is 1. The van der Waals surface area contributed by atoms with Crippen LogP contribution in [0.15, 0.2) is 42.6 Å². The minimum Gasteiger partial charge on any atom is -0.484 e. The van der Waals surface area contributed by atoms with Gasteiger partial charge in [0.1, 0.15) is 11.6 Å². The van der Waals surface area contributed by atoms with E-state index in [1.807, 2.05) is 6.07 Å². The lowest BCUT2D eigenvalue weighted by atomic mass is 10.3. The molecule has 1 aromatic carbocycles. The van der Waals surface area contributed by atoms with Crippen molar-refractivity contribution >= 4 is 34.9 Å². The van der Waals surface area contributed by atoms with Gasteiger partial charge in [0.05, 0.1) is 31.6 Å². The first-order chi connectivity index (χ1) is 13.6. The number of ether oxygens (including phenoxy) is 2. The Morgan fingerprint density at radius 1 is 1.11 bits per heavy atom. The zero-order valence-corrected chi connectivity index (χ0v) is 15.9. The Balaban J connectivity index is 1.38. The second kappa shape index (κ2) is 9.91. The molecule has 2 aromatic rings. The Hall–Kier alpha value is -2.84. The average Bonchev–Trinajstić information content (AvgIpc) is 2.73. The molecule has 0 saturated carbocycles. The fraction of sp³-hybridized carbons (Fsp3) is 0.316. The molecule has 1 aliphatic heterocycles. The lowest BCUT2D eigenvalue weighted by molar-refractivity contribution is -0.125. The lowest BCUT2D eigenvalue weighted by Crippen LogP contribution is -2.37. The zero-order chi connectivity index (χ0) is 19.8. The van der Waals surface area contributed by atoms with Crippen molar-refractivity contribution in [3.63, 3.8) is 0 Å². The van der Waals surface area contributed by atoms with Crippen molar-refractivity contribution in [1.82, 2.24) is 10.3 Å². The lowest BCUT2D eigenvalue weighted by Gasteiger charge is -2.27. The standard InChI is InChI=1S/C19H21ClN4O4/c20-14-1-4-16(5-2-14)28-13-19(26)22-12-18(25)23-15-3-6-17(21-11-15)24-7-9-27-10-8-24/h1-6,11H,7-10,12-13H2,(H,22,26)(H,23,25). The summed E-state index contributed by atoms with van der Waals surface area (Å²) < 4.78 is 10.6. The van der Waals surface area contributed by atoms with Crippen LogP contribution in [0.4, 0.5) is 11.5 Å². The summed E-state index contributed by atoms with van der Waals surface area (Å²) in [6.07, 6.45) is 1.59. The summed E-state index contributed by atoms with van der Waals surface area (Å²) in [5.74, 6) is 0.621. The van der Waals surface area contributed by atoms with Crippen molar-refractivity contribution in [3.05, 3.63) is 47.6 Å². The zero-order valence-electron chi connectivity index (χ0n) is 15.2. The van der Waals surface area contributed by atoms with E-state index in [1.165, 1.54) is 0 Å². The van der Waals surface area contributed by atoms with Gasteiger partial charge in [-0.15, -0.1) is 0 Å². The van der Waals surface area contributed by atoms with Crippen LogP contribution in [-0.2, 0) is 14.3 Å². The molecule has 3 rings (SSSR count). The molecule has 1 aromatic heterocycles. The van der Waals surface area contributed by atoms with E-state index >= 15 is 0 Å². The monoisotopic (exact) mass is 404 g/mol. The van der Waals surface area contributed by atoms with Crippen molar-refractivity contribution in [2.45, 2.75) is 0 Å². The van der Waals surface area contributed by atoms with E-state index in [2.05, 4.69) is 20.5 Å². The number of benzene rings is 1. The SMILES string of the molecule is O=C(COc1ccc(Cl)cc1)NCC(=O)Nc1ccc(N2CCOCC2)nc1. The molecular formula is C19H21ClN4O4. The maximum Gasteiger partial charge on any atom is 0.258 e. The molecule has 0 bridgehead atoms. The van der Waals surface area contributed by atoms with Crippen molar-refractivity contribution in [3.8, 4) is 5.75 Å². The summed E-state index contributed by atoms with van der Waals surface area (Å²) in [6, 6.07) is 10.3. The number of carbonyl (C=O) groups is 2. The first-order valence-electron chi connectivity index (χ1n) is 8.84. The van der Waals surface area contributed by atoms with Crippen molar-refractivity contribution in [1.29, 1.82) is 0 Å². The number of nitrogens with one attached hydrogen (secondary N) is 2. The van der Waals surface area contributed by atoms with Gasteiger partial charge < -0.3 is 25.0 Å². The number of morpholine rings is 1. The Labute approximate surface area is 167 Å². The second-order valence-corrected chi connectivity index (χ2v) is 6.51. The number of hydrogen-bond donors (Lipinski definition) is 2. The molecular weight excluding hydrogens is 384 g/mol. The summed E-state index contributed by atoms with van der Waals surface area (Å²) in [7, 11) is 0. The van der Waals surface area contributed by atoms with Crippen molar-refractivity contribution in [2.24, 2.45) is 0 Å². The van der Waals surface area contributed by atoms with E-state index < -0.39 is 5.91 Å². The van der Waals surface area contributed by atoms with E-state index in [4.69, 9.17) is 21.1 Å². The molecule has 2 amide bonds. The van der Waals surface area contributed by atoms with E-state index in [1.54, 1.807) is 36.5 Å². The van der Waals surface area contributed by atoms with Crippen LogP contribution in [0.2, 0.25) is 5.02 Å². The highest BCUT2D eigenvalue weighted by atomic mass is 35.5. The molecule has 148 valence electrons. The highest BCUT2D eigenvalue weighted by Gasteiger charge is 2.12. The van der Waals surface area contributed by atoms with Crippen LogP contribution >= 0.6 is 11.6 Å². The molecule has 28 heavy (non-hydrogen) atoms. The first-order valence-corrected chi connectivity index (χ1v) is 9.21. The molecule has 1 saturated heterocycles. The molecule has 1 fully saturated rings. The van der Waals surface area contributed by atoms with E-state index in [0.717, 1.165) is 18.9 Å². The first kappa shape index (κ1) is 19.9. The number of carbonyl (C=O) groups excluding carboxylic acids is 2. The van der Waals surface area contributed by atoms with E-state index in [0.29, 0.717) is 29.7 Å². The van der Waals surface area contributed by atoms with Gasteiger partial charge in [0.2, 0.25) is 5.91 Å². The summed E-state index contributed by atoms with van der Waals surface area (Å²) in [6.45, 7) is 2.60. The highest BCUT2D eigenvalue weighted by Crippen LogP contribution is 2.16. The Morgan fingerprint density at radius 3 is 2.54 bits per heavy atom. The molecule has 0 spiro atoms. The number of amides is 2. The molecule has 8 nitrogen and oxygen atoms in total. The molecule has 2 N–H and O–H groups in total. The summed E-state index contributed by atoms with van der Waals surface area (Å²) in [5, 5.41) is 5.78. The van der Waals surface area contributed by atoms with Crippen LogP contribution < -0.4 is 20.3 Å². The van der Waals surface area contributed by atoms with Gasteiger partial charge in [-0.25, -0.2) is 4.98 Å². The topological polar surface area (TPSA) is 92.8 Å². The van der Waals surface area contributed by atoms with Crippen LogP contribution in [-0.4, -0.2) is 56.3 Å². The average molecular weight is 405 g/mol. The highest BCUT2D eigenvalue weighted by molar-refractivity contribution is 6.30. The molecule has 1 aliphatic rings. The summed E-state index contributed by atoms with van der Waals surface area (Å²) in [5.41, 5.74) is 0.564. The van der Waals surface area contributed by atoms with Crippen LogP contribution in [0.1, 0.15) is 0 Å². The quantitative estimate of drug-likeness (QED) is 0.729. The van der Waals surface area contributed by atoms with Gasteiger partial charge in [-0.05, 0) is 36.4 Å². The van der Waals surface area contributed by atoms with Gasteiger partial charge >= 0.3 is 0 Å². The second-order valence-electron chi connectivity index (χ2n) is 6.07. The number of nitrogens with zero attached hydrogens (tertiary/aromatic N) is 2. The van der Waals surface area contributed by atoms with Gasteiger partial charge in [-0.1, -0.05) is 11.6 Å². The van der Waals surface area contributed by atoms with Gasteiger partial charge in [0.15, 0.2) is 6.61 Å². The molecule has 0 unspecified atom stereocenters. The van der Waals surface area contributed by atoms with Crippen LogP contribution in [0.25, 0.3) is 0 Å². The molecule has 0 aliphatic carbocycles. The number of anilines is 2.